The van der Waals surface area contributed by atoms with Crippen LogP contribution in [0, 0.1) is 41.2 Å². The first-order valence-electron chi connectivity index (χ1n) is 28.0. The summed E-state index contributed by atoms with van der Waals surface area (Å²) in [6.07, 6.45) is 5.02. The fraction of sp³-hybridized carbons (Fsp3) is 0.508. The summed E-state index contributed by atoms with van der Waals surface area (Å²) < 4.78 is 46.1. The number of carbonyl (C=O) groups excluding carboxylic acids is 3. The molecule has 22 heteroatoms. The van der Waals surface area contributed by atoms with Gasteiger partial charge >= 0.3 is 6.01 Å². The number of carbonyl (C=O) groups is 3. The minimum Gasteiger partial charge on any atom is -0.444 e. The third-order valence-corrected chi connectivity index (χ3v) is 19.3. The lowest BCUT2D eigenvalue weighted by molar-refractivity contribution is -0.144. The number of aliphatic hydroxyl groups is 1. The van der Waals surface area contributed by atoms with Gasteiger partial charge in [0.2, 0.25) is 17.7 Å². The molecule has 81 heavy (non-hydrogen) atoms. The summed E-state index contributed by atoms with van der Waals surface area (Å²) in [5.74, 6) is -1.73. The molecule has 10 atom stereocenters. The van der Waals surface area contributed by atoms with Crippen molar-refractivity contribution in [3.63, 3.8) is 0 Å². The van der Waals surface area contributed by atoms with E-state index in [0.717, 1.165) is 71.6 Å². The molecule has 5 aliphatic rings. The van der Waals surface area contributed by atoms with E-state index in [2.05, 4.69) is 36.8 Å². The zero-order valence-corrected chi connectivity index (χ0v) is 48.5. The van der Waals surface area contributed by atoms with Crippen LogP contribution in [-0.4, -0.2) is 130 Å². The van der Waals surface area contributed by atoms with Crippen molar-refractivity contribution in [2.45, 2.75) is 141 Å². The Kier molecular flexibility index (Phi) is 16.3. The molecule has 0 radical (unpaired) electrons. The van der Waals surface area contributed by atoms with Crippen LogP contribution in [0.3, 0.4) is 0 Å². The van der Waals surface area contributed by atoms with E-state index in [4.69, 9.17) is 36.8 Å². The number of aryl methyl sites for hydroxylation is 1. The molecule has 17 nitrogen and oxygen atoms in total. The van der Waals surface area contributed by atoms with Crippen molar-refractivity contribution in [2.75, 3.05) is 50.0 Å². The Morgan fingerprint density at radius 1 is 1.02 bits per heavy atom. The van der Waals surface area contributed by atoms with Gasteiger partial charge in [-0.2, -0.15) is 15.2 Å². The number of rotatable bonds is 15. The topological polar surface area (TPSA) is 224 Å². The highest BCUT2D eigenvalue weighted by Crippen LogP contribution is 2.46. The van der Waals surface area contributed by atoms with Crippen LogP contribution in [0.5, 0.6) is 6.01 Å². The van der Waals surface area contributed by atoms with Crippen molar-refractivity contribution in [3.05, 3.63) is 81.5 Å². The van der Waals surface area contributed by atoms with Crippen molar-refractivity contribution in [1.82, 2.24) is 40.7 Å². The maximum atomic E-state index is 17.6. The third-order valence-electron chi connectivity index (χ3n) is 17.0. The average Bonchev–Trinajstić information content (AvgIpc) is 4.40. The number of β-amino-alcohol motifs (C(OH)–C–C–N with tert-alkyl or cyclic N) is 1. The number of aromatic nitrogens is 3. The normalized spacial score (nSPS) is 24.4. The van der Waals surface area contributed by atoms with Crippen LogP contribution in [0.25, 0.3) is 42.6 Å². The molecule has 8 heterocycles. The van der Waals surface area contributed by atoms with E-state index >= 15 is 8.78 Å². The number of halogens is 3. The Morgan fingerprint density at radius 2 is 1.79 bits per heavy atom. The number of nitrogen functional groups attached to an aromatic ring is 1. The molecule has 6 aromatic rings. The number of benzene rings is 3. The number of fused-ring (bicyclic) bond motifs is 7. The van der Waals surface area contributed by atoms with Gasteiger partial charge in [0, 0.05) is 79.9 Å². The maximum Gasteiger partial charge on any atom is 0.320 e. The monoisotopic (exact) mass is 1160 g/mol. The highest BCUT2D eigenvalue weighted by Gasteiger charge is 2.45. The van der Waals surface area contributed by atoms with Crippen molar-refractivity contribution in [1.29, 1.82) is 5.26 Å². The highest BCUT2D eigenvalue weighted by molar-refractivity contribution is 7.23. The SMILES string of the molecule is Cc1ncsc1-c1ccc([C@H](C)NC(=O)[C@@H]2C[C@@H](O)CN2C(=O)[C@@H](NC(=O)CCOC[C@H]2CCC3CCCN2C(Oc2nc(N4CC5CCC(C4)N5)c4cc(Cl)c(-c5ccc(F)c6sc(N)c(C#N)c56)c(F)c4n2)C3)C(C)(C)C)cc1. The van der Waals surface area contributed by atoms with Crippen LogP contribution in [0.1, 0.15) is 108 Å². The fourth-order valence-corrected chi connectivity index (χ4v) is 14.8. The van der Waals surface area contributed by atoms with Crippen molar-refractivity contribution in [2.24, 2.45) is 11.3 Å². The number of piperazine rings is 1. The standard InChI is InChI=1S/C59H68ClF2N11O6S2/c1-30(33-9-11-34(12-10-33)51-31(2)65-29-80-51)66-56(76)44-22-38(74)27-73(44)57(77)53(59(3,4)5)68-45(75)18-20-78-28-37-15-8-32-7-6-19-72(37)46(21-32)79-58-69-50-40(55(70-58)71-25-35-13-14-36(26-71)67-35)23-42(60)48(49(50)62)39-16-17-43(61)52-47(39)41(24-63)54(64)81-52/h9-12,16-17,23,29-30,32,35-38,44,46,53,67,74H,6-8,13-15,18-22,25-28,64H2,1-5H3,(H,66,76)(H,68,75)/t30-,32?,35?,36?,37+,38+,44-,46?,53+/m0/s1. The first-order valence-corrected chi connectivity index (χ1v) is 30.1. The smallest absolute Gasteiger partial charge is 0.320 e. The average molecular weight is 1160 g/mol. The number of likely N-dealkylation sites (tertiary alicyclic amines) is 1. The molecular formula is C59H68ClF2N11O6S2. The molecule has 0 spiro atoms. The molecule has 4 bridgehead atoms. The Hall–Kier alpha value is -6.12. The maximum absolute atomic E-state index is 17.6. The first kappa shape index (κ1) is 56.7. The molecule has 5 unspecified atom stereocenters. The molecule has 3 aromatic carbocycles. The Bertz CT molecular complexity index is 3410. The molecule has 0 aliphatic carbocycles. The fourth-order valence-electron chi connectivity index (χ4n) is 12.7. The van der Waals surface area contributed by atoms with E-state index < -0.39 is 47.4 Å². The predicted molar refractivity (Wildman–Crippen MR) is 310 cm³/mol. The number of ether oxygens (including phenoxy) is 2. The number of nitrogens with one attached hydrogen (secondary N) is 3. The van der Waals surface area contributed by atoms with Gasteiger partial charge in [-0.3, -0.25) is 19.3 Å². The highest BCUT2D eigenvalue weighted by atomic mass is 35.5. The number of hydrogen-bond donors (Lipinski definition) is 5. The molecule has 5 aliphatic heterocycles. The van der Waals surface area contributed by atoms with Crippen LogP contribution in [0.2, 0.25) is 5.02 Å². The molecule has 5 saturated heterocycles. The summed E-state index contributed by atoms with van der Waals surface area (Å²) in [7, 11) is 0. The number of nitriles is 1. The van der Waals surface area contributed by atoms with Crippen molar-refractivity contribution < 1.29 is 37.7 Å². The zero-order chi connectivity index (χ0) is 57.0. The van der Waals surface area contributed by atoms with Gasteiger partial charge in [-0.25, -0.2) is 13.8 Å². The zero-order valence-electron chi connectivity index (χ0n) is 46.1. The number of thiazole rings is 1. The number of amides is 3. The van der Waals surface area contributed by atoms with Gasteiger partial charge in [0.05, 0.1) is 56.7 Å². The van der Waals surface area contributed by atoms with Crippen LogP contribution >= 0.6 is 34.3 Å². The molecule has 5 fully saturated rings. The van der Waals surface area contributed by atoms with Crippen LogP contribution < -0.4 is 31.3 Å². The van der Waals surface area contributed by atoms with Gasteiger partial charge in [-0.1, -0.05) is 62.7 Å². The summed E-state index contributed by atoms with van der Waals surface area (Å²) >= 11 is 9.52. The number of aliphatic hydroxyl groups excluding tert-OH is 1. The summed E-state index contributed by atoms with van der Waals surface area (Å²) in [5.41, 5.74) is 10.3. The van der Waals surface area contributed by atoms with E-state index in [0.29, 0.717) is 49.8 Å². The Labute approximate surface area is 482 Å². The van der Waals surface area contributed by atoms with Crippen molar-refractivity contribution in [3.8, 4) is 33.6 Å². The number of nitrogens with zero attached hydrogens (tertiary/aromatic N) is 7. The summed E-state index contributed by atoms with van der Waals surface area (Å²) in [6.45, 7) is 11.7. The number of anilines is 2. The lowest BCUT2D eigenvalue weighted by atomic mass is 9.85. The molecule has 3 amide bonds. The largest absolute Gasteiger partial charge is 0.444 e. The van der Waals surface area contributed by atoms with Crippen molar-refractivity contribution >= 4 is 83.8 Å². The number of hydrogen-bond acceptors (Lipinski definition) is 16. The lowest BCUT2D eigenvalue weighted by Crippen LogP contribution is -2.58. The number of thiophene rings is 1. The van der Waals surface area contributed by atoms with Gasteiger partial charge in [0.15, 0.2) is 12.0 Å². The lowest BCUT2D eigenvalue weighted by Gasteiger charge is -2.36. The summed E-state index contributed by atoms with van der Waals surface area (Å²) in [5, 5.41) is 31.3. The van der Waals surface area contributed by atoms with E-state index in [1.165, 1.54) is 17.0 Å². The molecular weight excluding hydrogens is 1100 g/mol. The van der Waals surface area contributed by atoms with Gasteiger partial charge in [-0.15, -0.1) is 22.7 Å². The summed E-state index contributed by atoms with van der Waals surface area (Å²) in [4.78, 5) is 63.2. The minimum atomic E-state index is -0.997. The molecule has 6 N–H and O–H groups in total. The first-order chi connectivity index (χ1) is 38.8. The van der Waals surface area contributed by atoms with Gasteiger partial charge in [-0.05, 0) is 92.5 Å². The molecule has 0 saturated carbocycles. The van der Waals surface area contributed by atoms with Gasteiger partial charge in [0.1, 0.15) is 40.3 Å². The Morgan fingerprint density at radius 3 is 2.51 bits per heavy atom. The predicted octanol–water partition coefficient (Wildman–Crippen LogP) is 9.02. The second kappa shape index (κ2) is 23.3. The Balaban J connectivity index is 0.769. The van der Waals surface area contributed by atoms with E-state index in [1.807, 2.05) is 64.4 Å². The summed E-state index contributed by atoms with van der Waals surface area (Å²) in [6, 6.07) is 12.3. The van der Waals surface area contributed by atoms with Crippen LogP contribution in [0.4, 0.5) is 19.6 Å². The van der Waals surface area contributed by atoms with Crippen LogP contribution in [0.15, 0.2) is 48.0 Å². The second-order valence-corrected chi connectivity index (χ2v) is 25.9. The minimum absolute atomic E-state index is 0.00300. The number of nitrogens with two attached hydrogens (primary N) is 1. The van der Waals surface area contributed by atoms with Crippen LogP contribution in [-0.2, 0) is 19.1 Å². The van der Waals surface area contributed by atoms with E-state index in [9.17, 15) is 24.8 Å². The molecule has 428 valence electrons. The quantitative estimate of drug-likeness (QED) is 0.0606. The van der Waals surface area contributed by atoms with E-state index in [-0.39, 0.29) is 110 Å². The molecule has 3 aromatic heterocycles. The van der Waals surface area contributed by atoms with Gasteiger partial charge < -0.3 is 46.1 Å². The van der Waals surface area contributed by atoms with E-state index in [1.54, 1.807) is 17.4 Å². The third kappa shape index (κ3) is 11.5. The molecule has 11 rings (SSSR count). The van der Waals surface area contributed by atoms with Gasteiger partial charge in [0.25, 0.3) is 0 Å². The second-order valence-electron chi connectivity index (χ2n) is 23.6.